The van der Waals surface area contributed by atoms with Gasteiger partial charge in [0.05, 0.1) is 79.7 Å². The number of morpholine rings is 1. The molecular formula is C44H51FN10O9S. The molecule has 0 aliphatic carbocycles. The van der Waals surface area contributed by atoms with Crippen LogP contribution in [0.5, 0.6) is 11.5 Å². The molecule has 2 N–H and O–H groups in total. The minimum absolute atomic E-state index is 0.0339. The van der Waals surface area contributed by atoms with Crippen molar-refractivity contribution in [2.75, 3.05) is 71.4 Å². The zero-order valence-electron chi connectivity index (χ0n) is 37.3. The van der Waals surface area contributed by atoms with Gasteiger partial charge in [-0.15, -0.1) is 11.3 Å². The molecular weight excluding hydrogens is 864 g/mol. The van der Waals surface area contributed by atoms with Gasteiger partial charge in [-0.2, -0.15) is 5.10 Å². The minimum atomic E-state index is -0.783. The number of carbonyl (C=O) groups is 4. The lowest BCUT2D eigenvalue weighted by atomic mass is 10.2. The Kier molecular flexibility index (Phi) is 14.5. The first-order valence-corrected chi connectivity index (χ1v) is 21.9. The van der Waals surface area contributed by atoms with Crippen LogP contribution < -0.4 is 20.1 Å². The Morgan fingerprint density at radius 3 is 1.98 bits per heavy atom. The van der Waals surface area contributed by atoms with Gasteiger partial charge in [0, 0.05) is 39.3 Å². The Hall–Kier alpha value is -6.71. The summed E-state index contributed by atoms with van der Waals surface area (Å²) < 4.78 is 47.6. The fourth-order valence-corrected chi connectivity index (χ4v) is 8.51. The van der Waals surface area contributed by atoms with Crippen molar-refractivity contribution in [3.8, 4) is 11.5 Å². The quantitative estimate of drug-likeness (QED) is 0.0592. The smallest absolute Gasteiger partial charge is 0.338 e. The van der Waals surface area contributed by atoms with Crippen molar-refractivity contribution in [2.45, 2.75) is 60.2 Å². The van der Waals surface area contributed by atoms with Gasteiger partial charge in [0.25, 0.3) is 11.8 Å². The third-order valence-electron chi connectivity index (χ3n) is 10.8. The number of nitrogens with one attached hydrogen (secondary N) is 2. The first-order valence-electron chi connectivity index (χ1n) is 21.1. The number of methoxy groups -OCH3 is 3. The summed E-state index contributed by atoms with van der Waals surface area (Å²) in [5.41, 5.74) is 2.45. The topological polar surface area (TPSA) is 208 Å². The number of aryl methyl sites for hydroxylation is 4. The van der Waals surface area contributed by atoms with E-state index in [1.807, 2.05) is 19.9 Å². The number of esters is 2. The Labute approximate surface area is 377 Å². The number of aromatic nitrogens is 7. The molecule has 0 atom stereocenters. The first kappa shape index (κ1) is 46.3. The Balaban J connectivity index is 1.27. The van der Waals surface area contributed by atoms with E-state index in [4.69, 9.17) is 28.7 Å². The van der Waals surface area contributed by atoms with Gasteiger partial charge in [0.2, 0.25) is 11.9 Å². The second kappa shape index (κ2) is 20.4. The number of benzene rings is 2. The number of amides is 2. The highest BCUT2D eigenvalue weighted by molar-refractivity contribution is 7.13. The lowest BCUT2D eigenvalue weighted by Gasteiger charge is -2.26. The van der Waals surface area contributed by atoms with E-state index in [0.29, 0.717) is 71.0 Å². The van der Waals surface area contributed by atoms with Crippen LogP contribution in [0.1, 0.15) is 77.5 Å². The molecule has 0 radical (unpaired) electrons. The number of rotatable bonds is 18. The number of anilines is 2. The molecule has 5 heterocycles. The monoisotopic (exact) mass is 914 g/mol. The summed E-state index contributed by atoms with van der Waals surface area (Å²) in [7, 11) is 3.98. The van der Waals surface area contributed by atoms with E-state index in [-0.39, 0.29) is 59.8 Å². The SMILES string of the molecule is CCc1nc(C)sc1C(=O)Nc1nc2cc(C(=O)OC)cc(OCCCN3CCOCC3)c2n1CC=CCn1c(NC(=O)c2c(F)c(C)nn2CC)nc2cc(C(=O)OC)cc(OC)c21. The van der Waals surface area contributed by atoms with Crippen molar-refractivity contribution >= 4 is 69.1 Å². The number of imidazole rings is 2. The van der Waals surface area contributed by atoms with Crippen molar-refractivity contribution < 1.29 is 47.3 Å². The van der Waals surface area contributed by atoms with Crippen molar-refractivity contribution in [3.63, 3.8) is 0 Å². The van der Waals surface area contributed by atoms with Crippen LogP contribution in [0.25, 0.3) is 22.1 Å². The molecule has 7 rings (SSSR count). The molecule has 6 aromatic rings. The number of halogens is 1. The average Bonchev–Trinajstić information content (AvgIpc) is 4.06. The van der Waals surface area contributed by atoms with E-state index in [1.54, 1.807) is 34.3 Å². The maximum Gasteiger partial charge on any atom is 0.338 e. The van der Waals surface area contributed by atoms with Crippen LogP contribution in [0, 0.1) is 19.7 Å². The number of nitrogens with zero attached hydrogens (tertiary/aromatic N) is 8. The molecule has 0 saturated carbocycles. The maximum absolute atomic E-state index is 15.3. The number of fused-ring (bicyclic) bond motifs is 2. The van der Waals surface area contributed by atoms with E-state index >= 15 is 4.39 Å². The highest BCUT2D eigenvalue weighted by atomic mass is 32.1. The van der Waals surface area contributed by atoms with Crippen LogP contribution in [-0.2, 0) is 40.3 Å². The number of hydrogen-bond donors (Lipinski definition) is 2. The van der Waals surface area contributed by atoms with E-state index in [2.05, 4.69) is 30.6 Å². The molecule has 2 aromatic carbocycles. The predicted octanol–water partition coefficient (Wildman–Crippen LogP) is 5.82. The van der Waals surface area contributed by atoms with Gasteiger partial charge in [0.15, 0.2) is 11.5 Å². The van der Waals surface area contributed by atoms with Crippen LogP contribution >= 0.6 is 11.3 Å². The fraction of sp³-hybridized carbons (Fsp3) is 0.409. The number of ether oxygens (including phenoxy) is 5. The van der Waals surface area contributed by atoms with Gasteiger partial charge in [0.1, 0.15) is 27.4 Å². The molecule has 0 unspecified atom stereocenters. The largest absolute Gasteiger partial charge is 0.494 e. The summed E-state index contributed by atoms with van der Waals surface area (Å²) >= 11 is 1.28. The highest BCUT2D eigenvalue weighted by Crippen LogP contribution is 2.34. The minimum Gasteiger partial charge on any atom is -0.494 e. The Morgan fingerprint density at radius 2 is 1.42 bits per heavy atom. The zero-order valence-corrected chi connectivity index (χ0v) is 38.1. The van der Waals surface area contributed by atoms with Crippen LogP contribution in [0.2, 0.25) is 0 Å². The molecule has 1 saturated heterocycles. The highest BCUT2D eigenvalue weighted by Gasteiger charge is 2.26. The van der Waals surface area contributed by atoms with Crippen LogP contribution in [0.15, 0.2) is 36.4 Å². The molecule has 0 bridgehead atoms. The molecule has 1 fully saturated rings. The molecule has 0 spiro atoms. The molecule has 2 amide bonds. The van der Waals surface area contributed by atoms with Crippen LogP contribution in [0.4, 0.5) is 16.3 Å². The summed E-state index contributed by atoms with van der Waals surface area (Å²) in [6, 6.07) is 6.20. The number of hydrogen-bond acceptors (Lipinski definition) is 15. The second-order valence-corrected chi connectivity index (χ2v) is 16.1. The van der Waals surface area contributed by atoms with Crippen molar-refractivity contribution in [1.82, 2.24) is 38.8 Å². The Bertz CT molecular complexity index is 2790. The lowest BCUT2D eigenvalue weighted by molar-refractivity contribution is 0.0358. The summed E-state index contributed by atoms with van der Waals surface area (Å²) in [5, 5.41) is 10.6. The van der Waals surface area contributed by atoms with Crippen molar-refractivity contribution in [3.05, 3.63) is 80.3 Å². The summed E-state index contributed by atoms with van der Waals surface area (Å²) in [6.45, 7) is 11.6. The number of allylic oxidation sites excluding steroid dienone is 2. The van der Waals surface area contributed by atoms with Crippen molar-refractivity contribution in [1.29, 1.82) is 0 Å². The number of carbonyl (C=O) groups excluding carboxylic acids is 4. The zero-order chi connectivity index (χ0) is 46.4. The standard InChI is InChI=1S/C44H51FN10O9S/c1-8-29-38(65-26(4)46-29)40(57)50-44-48-31-22-28(42(59)62-7)24-33(64-18-12-13-52-16-19-63-20-17-52)36(31)54(44)15-11-10-14-53-35-30(21-27(41(58)61-6)23-32(35)60-5)47-43(53)49-39(56)37-34(45)25(3)51-55(37)9-2/h10-11,21-24H,8-9,12-20H2,1-7H3,(H,47,49,56)(H,48,50,57). The van der Waals surface area contributed by atoms with Gasteiger partial charge < -0.3 is 32.8 Å². The molecule has 4 aromatic heterocycles. The normalized spacial score (nSPS) is 13.2. The average molecular weight is 915 g/mol. The van der Waals surface area contributed by atoms with Gasteiger partial charge in [-0.05, 0) is 57.9 Å². The molecule has 21 heteroatoms. The lowest BCUT2D eigenvalue weighted by Crippen LogP contribution is -2.37. The first-order chi connectivity index (χ1) is 31.4. The molecule has 65 heavy (non-hydrogen) atoms. The number of thiazole rings is 1. The van der Waals surface area contributed by atoms with E-state index in [1.165, 1.54) is 56.4 Å². The molecule has 19 nitrogen and oxygen atoms in total. The van der Waals surface area contributed by atoms with Gasteiger partial charge >= 0.3 is 11.9 Å². The summed E-state index contributed by atoms with van der Waals surface area (Å²) in [5.74, 6) is -2.30. The summed E-state index contributed by atoms with van der Waals surface area (Å²) in [6.07, 6.45) is 4.87. The van der Waals surface area contributed by atoms with Gasteiger partial charge in [-0.1, -0.05) is 19.1 Å². The molecule has 344 valence electrons. The molecule has 1 aliphatic rings. The third-order valence-corrected chi connectivity index (χ3v) is 11.8. The molecule has 1 aliphatic heterocycles. The third kappa shape index (κ3) is 9.86. The van der Waals surface area contributed by atoms with E-state index in [9.17, 15) is 19.2 Å². The van der Waals surface area contributed by atoms with Crippen LogP contribution in [0.3, 0.4) is 0 Å². The second-order valence-electron chi connectivity index (χ2n) is 14.9. The van der Waals surface area contributed by atoms with Gasteiger partial charge in [-0.3, -0.25) is 29.8 Å². The maximum atomic E-state index is 15.3. The van der Waals surface area contributed by atoms with E-state index in [0.717, 1.165) is 24.6 Å². The van der Waals surface area contributed by atoms with E-state index < -0.39 is 29.6 Å². The predicted molar refractivity (Wildman–Crippen MR) is 240 cm³/mol. The van der Waals surface area contributed by atoms with Crippen molar-refractivity contribution in [2.24, 2.45) is 0 Å². The van der Waals surface area contributed by atoms with Gasteiger partial charge in [-0.25, -0.2) is 28.9 Å². The van der Waals surface area contributed by atoms with Crippen LogP contribution in [-0.4, -0.2) is 123 Å². The Morgan fingerprint density at radius 1 is 0.831 bits per heavy atom. The summed E-state index contributed by atoms with van der Waals surface area (Å²) in [4.78, 5) is 69.9. The fourth-order valence-electron chi connectivity index (χ4n) is 7.61.